The number of anilines is 1. The lowest BCUT2D eigenvalue weighted by Gasteiger charge is -2.07. The standard InChI is InChI=1S/C21H25N5O2/c1-3-4-9-26-12(2)10-17(24-26)23-20(27)15-11-16(13-5-6-13)22-21-18(15)19(25-28-21)14-7-8-14/h10-11,13-14H,3-9H2,1-2H3,(H,23,24,27). The van der Waals surface area contributed by atoms with E-state index in [9.17, 15) is 4.79 Å². The molecule has 0 bridgehead atoms. The van der Waals surface area contributed by atoms with E-state index in [1.54, 1.807) is 0 Å². The van der Waals surface area contributed by atoms with Crippen molar-refractivity contribution in [1.82, 2.24) is 19.9 Å². The van der Waals surface area contributed by atoms with Crippen molar-refractivity contribution < 1.29 is 9.32 Å². The van der Waals surface area contributed by atoms with Crippen LogP contribution in [0.5, 0.6) is 0 Å². The zero-order valence-electron chi connectivity index (χ0n) is 16.4. The van der Waals surface area contributed by atoms with Crippen LogP contribution in [0, 0.1) is 6.92 Å². The van der Waals surface area contributed by atoms with Crippen molar-refractivity contribution in [2.45, 2.75) is 70.8 Å². The van der Waals surface area contributed by atoms with Gasteiger partial charge in [-0.2, -0.15) is 5.10 Å². The number of pyridine rings is 1. The zero-order chi connectivity index (χ0) is 19.3. The number of aryl methyl sites for hydroxylation is 2. The number of hydrogen-bond donors (Lipinski definition) is 1. The predicted octanol–water partition coefficient (Wildman–Crippen LogP) is 4.53. The summed E-state index contributed by atoms with van der Waals surface area (Å²) in [6.07, 6.45) is 6.59. The molecule has 2 aliphatic rings. The van der Waals surface area contributed by atoms with Gasteiger partial charge < -0.3 is 9.84 Å². The van der Waals surface area contributed by atoms with Crippen molar-refractivity contribution in [3.05, 3.63) is 34.8 Å². The van der Waals surface area contributed by atoms with Crippen molar-refractivity contribution >= 4 is 22.8 Å². The topological polar surface area (TPSA) is 85.8 Å². The number of fused-ring (bicyclic) bond motifs is 1. The van der Waals surface area contributed by atoms with Gasteiger partial charge in [0, 0.05) is 35.8 Å². The molecular formula is C21H25N5O2. The van der Waals surface area contributed by atoms with Gasteiger partial charge in [0.05, 0.1) is 16.6 Å². The average Bonchev–Trinajstić information content (AvgIpc) is 3.61. The Balaban J connectivity index is 1.49. The average molecular weight is 379 g/mol. The first-order chi connectivity index (χ1) is 13.6. The molecule has 7 nitrogen and oxygen atoms in total. The van der Waals surface area contributed by atoms with Crippen LogP contribution in [0.2, 0.25) is 0 Å². The van der Waals surface area contributed by atoms with E-state index in [1.807, 2.05) is 23.7 Å². The molecule has 0 spiro atoms. The van der Waals surface area contributed by atoms with Crippen LogP contribution in [0.25, 0.3) is 11.1 Å². The van der Waals surface area contributed by atoms with E-state index in [0.717, 1.165) is 67.5 Å². The van der Waals surface area contributed by atoms with Crippen molar-refractivity contribution in [3.8, 4) is 0 Å². The molecule has 2 saturated carbocycles. The normalized spacial score (nSPS) is 16.6. The summed E-state index contributed by atoms with van der Waals surface area (Å²) in [4.78, 5) is 17.8. The van der Waals surface area contributed by atoms with E-state index >= 15 is 0 Å². The maximum absolute atomic E-state index is 13.2. The highest BCUT2D eigenvalue weighted by Gasteiger charge is 2.34. The molecule has 1 amide bonds. The molecule has 7 heteroatoms. The van der Waals surface area contributed by atoms with Crippen LogP contribution in [0.1, 0.15) is 84.7 Å². The second kappa shape index (κ2) is 6.72. The van der Waals surface area contributed by atoms with E-state index < -0.39 is 0 Å². The lowest BCUT2D eigenvalue weighted by atomic mass is 10.1. The van der Waals surface area contributed by atoms with E-state index in [0.29, 0.717) is 28.9 Å². The van der Waals surface area contributed by atoms with E-state index in [1.165, 1.54) is 0 Å². The van der Waals surface area contributed by atoms with Gasteiger partial charge in [-0.1, -0.05) is 18.5 Å². The molecular weight excluding hydrogens is 354 g/mol. The van der Waals surface area contributed by atoms with Gasteiger partial charge in [0.25, 0.3) is 11.6 Å². The third kappa shape index (κ3) is 3.19. The molecule has 0 aromatic carbocycles. The number of rotatable bonds is 7. The highest BCUT2D eigenvalue weighted by Crippen LogP contribution is 2.45. The van der Waals surface area contributed by atoms with Crippen LogP contribution in [-0.2, 0) is 6.54 Å². The van der Waals surface area contributed by atoms with Gasteiger partial charge in [0.2, 0.25) is 0 Å². The number of nitrogens with one attached hydrogen (secondary N) is 1. The Morgan fingerprint density at radius 1 is 1.25 bits per heavy atom. The van der Waals surface area contributed by atoms with Gasteiger partial charge >= 0.3 is 0 Å². The van der Waals surface area contributed by atoms with E-state index in [-0.39, 0.29) is 5.91 Å². The second-order valence-corrected chi connectivity index (χ2v) is 8.09. The Morgan fingerprint density at radius 3 is 2.75 bits per heavy atom. The van der Waals surface area contributed by atoms with Gasteiger partial charge in [0.15, 0.2) is 5.82 Å². The van der Waals surface area contributed by atoms with Crippen LogP contribution >= 0.6 is 0 Å². The van der Waals surface area contributed by atoms with Gasteiger partial charge in [-0.3, -0.25) is 9.48 Å². The van der Waals surface area contributed by atoms with Crippen molar-refractivity contribution in [3.63, 3.8) is 0 Å². The monoisotopic (exact) mass is 379 g/mol. The first-order valence-electron chi connectivity index (χ1n) is 10.3. The van der Waals surface area contributed by atoms with E-state index in [4.69, 9.17) is 4.52 Å². The maximum atomic E-state index is 13.2. The molecule has 3 heterocycles. The predicted molar refractivity (Wildman–Crippen MR) is 106 cm³/mol. The molecule has 3 aromatic rings. The molecule has 146 valence electrons. The zero-order valence-corrected chi connectivity index (χ0v) is 16.4. The van der Waals surface area contributed by atoms with Crippen LogP contribution in [0.15, 0.2) is 16.7 Å². The largest absolute Gasteiger partial charge is 0.335 e. The van der Waals surface area contributed by atoms with Crippen LogP contribution < -0.4 is 5.32 Å². The molecule has 0 saturated heterocycles. The molecule has 3 aromatic heterocycles. The number of aromatic nitrogens is 4. The molecule has 0 atom stereocenters. The van der Waals surface area contributed by atoms with E-state index in [2.05, 4.69) is 27.5 Å². The lowest BCUT2D eigenvalue weighted by Crippen LogP contribution is -2.14. The second-order valence-electron chi connectivity index (χ2n) is 8.09. The molecule has 2 aliphatic carbocycles. The Labute approximate surface area is 163 Å². The number of nitrogens with zero attached hydrogens (tertiary/aromatic N) is 4. The fraction of sp³-hybridized carbons (Fsp3) is 0.524. The van der Waals surface area contributed by atoms with Crippen molar-refractivity contribution in [2.24, 2.45) is 0 Å². The number of unbranched alkanes of at least 4 members (excludes halogenated alkanes) is 1. The molecule has 28 heavy (non-hydrogen) atoms. The van der Waals surface area contributed by atoms with Crippen molar-refractivity contribution in [1.29, 1.82) is 0 Å². The minimum atomic E-state index is -0.167. The summed E-state index contributed by atoms with van der Waals surface area (Å²) in [6.45, 7) is 5.03. The summed E-state index contributed by atoms with van der Waals surface area (Å²) in [5.41, 5.74) is 3.95. The van der Waals surface area contributed by atoms with Gasteiger partial charge in [-0.15, -0.1) is 0 Å². The van der Waals surface area contributed by atoms with Gasteiger partial charge in [-0.25, -0.2) is 4.98 Å². The third-order valence-electron chi connectivity index (χ3n) is 5.64. The molecule has 2 fully saturated rings. The number of carbonyl (C=O) groups is 1. The highest BCUT2D eigenvalue weighted by atomic mass is 16.5. The SMILES string of the molecule is CCCCn1nc(NC(=O)c2cc(C3CC3)nc3onc(C4CC4)c23)cc1C. The first-order valence-corrected chi connectivity index (χ1v) is 10.3. The summed E-state index contributed by atoms with van der Waals surface area (Å²) in [5.74, 6) is 1.23. The summed E-state index contributed by atoms with van der Waals surface area (Å²) in [6, 6.07) is 3.85. The quantitative estimate of drug-likeness (QED) is 0.651. The maximum Gasteiger partial charge on any atom is 0.259 e. The smallest absolute Gasteiger partial charge is 0.259 e. The molecule has 1 N–H and O–H groups in total. The van der Waals surface area contributed by atoms with Gasteiger partial charge in [-0.05, 0) is 45.1 Å². The lowest BCUT2D eigenvalue weighted by molar-refractivity contribution is 0.102. The molecule has 5 rings (SSSR count). The summed E-state index contributed by atoms with van der Waals surface area (Å²) >= 11 is 0. The fourth-order valence-electron chi connectivity index (χ4n) is 3.68. The summed E-state index contributed by atoms with van der Waals surface area (Å²) < 4.78 is 7.47. The number of carbonyl (C=O) groups excluding carboxylic acids is 1. The van der Waals surface area contributed by atoms with Crippen LogP contribution in [0.4, 0.5) is 5.82 Å². The number of amides is 1. The third-order valence-corrected chi connectivity index (χ3v) is 5.64. The minimum absolute atomic E-state index is 0.167. The fourth-order valence-corrected chi connectivity index (χ4v) is 3.68. The first kappa shape index (κ1) is 17.4. The Morgan fingerprint density at radius 2 is 2.04 bits per heavy atom. The van der Waals surface area contributed by atoms with Crippen LogP contribution in [-0.4, -0.2) is 25.8 Å². The molecule has 0 radical (unpaired) electrons. The highest BCUT2D eigenvalue weighted by molar-refractivity contribution is 6.12. The Kier molecular flexibility index (Phi) is 4.18. The minimum Gasteiger partial charge on any atom is -0.335 e. The van der Waals surface area contributed by atoms with Gasteiger partial charge in [0.1, 0.15) is 0 Å². The summed E-state index contributed by atoms with van der Waals surface area (Å²) in [5, 5.41) is 12.5. The van der Waals surface area contributed by atoms with Crippen LogP contribution in [0.3, 0.4) is 0 Å². The summed E-state index contributed by atoms with van der Waals surface area (Å²) in [7, 11) is 0. The molecule has 0 unspecified atom stereocenters. The Hall–Kier alpha value is -2.70. The van der Waals surface area contributed by atoms with Crippen molar-refractivity contribution in [2.75, 3.05) is 5.32 Å². The number of hydrogen-bond acceptors (Lipinski definition) is 5. The molecule has 0 aliphatic heterocycles. The Bertz CT molecular complexity index is 1040.